The number of rotatable bonds is 4. The summed E-state index contributed by atoms with van der Waals surface area (Å²) < 4.78 is 1.64. The monoisotopic (exact) mass is 298 g/mol. The molecule has 0 aliphatic heterocycles. The Kier molecular flexibility index (Phi) is 4.45. The average molecular weight is 299 g/mol. The first-order valence-electron chi connectivity index (χ1n) is 6.08. The molecule has 1 N–H and O–H groups in total. The van der Waals surface area contributed by atoms with Gasteiger partial charge in [0, 0.05) is 17.6 Å². The Morgan fingerprint density at radius 1 is 1.26 bits per heavy atom. The molecule has 0 aliphatic rings. The number of hydrogen-bond acceptors (Lipinski definition) is 3. The number of nitrogens with one attached hydrogen (secondary N) is 1. The molecule has 19 heavy (non-hydrogen) atoms. The van der Waals surface area contributed by atoms with E-state index in [0.717, 1.165) is 16.9 Å². The van der Waals surface area contributed by atoms with Gasteiger partial charge in [0.05, 0.1) is 22.6 Å². The number of benzene rings is 1. The van der Waals surface area contributed by atoms with E-state index in [1.807, 2.05) is 19.2 Å². The van der Waals surface area contributed by atoms with Crippen molar-refractivity contribution in [2.45, 2.75) is 33.4 Å². The van der Waals surface area contributed by atoms with Crippen LogP contribution in [0.15, 0.2) is 18.3 Å². The van der Waals surface area contributed by atoms with Gasteiger partial charge in [-0.2, -0.15) is 0 Å². The van der Waals surface area contributed by atoms with Gasteiger partial charge in [-0.15, -0.1) is 5.10 Å². The minimum atomic E-state index is 0.405. The lowest BCUT2D eigenvalue weighted by molar-refractivity contribution is 0.580. The molecule has 6 heteroatoms. The number of aromatic nitrogens is 3. The number of hydrogen-bond donors (Lipinski definition) is 1. The van der Waals surface area contributed by atoms with Crippen molar-refractivity contribution >= 4 is 23.2 Å². The Hall–Kier alpha value is -1.10. The number of aryl methyl sites for hydroxylation is 1. The van der Waals surface area contributed by atoms with E-state index in [1.165, 1.54) is 0 Å². The molecule has 0 spiro atoms. The van der Waals surface area contributed by atoms with E-state index in [0.29, 0.717) is 22.6 Å². The Labute approximate surface area is 122 Å². The Balaban J connectivity index is 2.25. The first-order chi connectivity index (χ1) is 8.97. The molecule has 102 valence electrons. The van der Waals surface area contributed by atoms with Gasteiger partial charge in [-0.25, -0.2) is 4.68 Å². The summed E-state index contributed by atoms with van der Waals surface area (Å²) in [6, 6.07) is 4.03. The second-order valence-corrected chi connectivity index (χ2v) is 5.56. The molecule has 0 saturated heterocycles. The highest BCUT2D eigenvalue weighted by molar-refractivity contribution is 6.35. The molecular weight excluding hydrogens is 283 g/mol. The van der Waals surface area contributed by atoms with Crippen molar-refractivity contribution in [1.82, 2.24) is 20.3 Å². The van der Waals surface area contributed by atoms with Gasteiger partial charge in [0.1, 0.15) is 0 Å². The molecule has 0 atom stereocenters. The van der Waals surface area contributed by atoms with Crippen molar-refractivity contribution in [1.29, 1.82) is 0 Å². The summed E-state index contributed by atoms with van der Waals surface area (Å²) in [5.74, 6) is 0. The smallest absolute Gasteiger partial charge is 0.0969 e. The number of nitrogens with zero attached hydrogens (tertiary/aromatic N) is 3. The van der Waals surface area contributed by atoms with Gasteiger partial charge in [-0.1, -0.05) is 42.3 Å². The highest BCUT2D eigenvalue weighted by Crippen LogP contribution is 2.27. The van der Waals surface area contributed by atoms with E-state index in [9.17, 15) is 0 Å². The fourth-order valence-electron chi connectivity index (χ4n) is 1.62. The Morgan fingerprint density at radius 3 is 2.68 bits per heavy atom. The van der Waals surface area contributed by atoms with Crippen molar-refractivity contribution in [3.05, 3.63) is 39.6 Å². The quantitative estimate of drug-likeness (QED) is 0.941. The first kappa shape index (κ1) is 14.3. The highest BCUT2D eigenvalue weighted by atomic mass is 35.5. The van der Waals surface area contributed by atoms with Crippen LogP contribution in [0.2, 0.25) is 10.0 Å². The van der Waals surface area contributed by atoms with Crippen LogP contribution in [0, 0.1) is 6.92 Å². The van der Waals surface area contributed by atoms with Crippen LogP contribution in [-0.4, -0.2) is 21.0 Å². The van der Waals surface area contributed by atoms with Gasteiger partial charge >= 0.3 is 0 Å². The summed E-state index contributed by atoms with van der Waals surface area (Å²) in [6.07, 6.45) is 1.85. The van der Waals surface area contributed by atoms with Crippen LogP contribution in [0.25, 0.3) is 5.69 Å². The third-order valence-corrected chi connectivity index (χ3v) is 3.42. The van der Waals surface area contributed by atoms with E-state index in [-0.39, 0.29) is 0 Å². The maximum absolute atomic E-state index is 6.21. The van der Waals surface area contributed by atoms with Crippen LogP contribution in [0.4, 0.5) is 0 Å². The second kappa shape index (κ2) is 5.90. The summed E-state index contributed by atoms with van der Waals surface area (Å²) in [4.78, 5) is 0. The summed E-state index contributed by atoms with van der Waals surface area (Å²) in [5.41, 5.74) is 2.54. The predicted octanol–water partition coefficient (Wildman–Crippen LogP) is 3.38. The van der Waals surface area contributed by atoms with Gasteiger partial charge in [-0.3, -0.25) is 0 Å². The largest absolute Gasteiger partial charge is 0.309 e. The van der Waals surface area contributed by atoms with Gasteiger partial charge < -0.3 is 5.32 Å². The van der Waals surface area contributed by atoms with Gasteiger partial charge in [0.2, 0.25) is 0 Å². The van der Waals surface area contributed by atoms with E-state index >= 15 is 0 Å². The highest BCUT2D eigenvalue weighted by Gasteiger charge is 2.09. The minimum Gasteiger partial charge on any atom is -0.309 e. The SMILES string of the molecule is Cc1cc(Cl)c(-n2cc(CNC(C)C)nn2)cc1Cl. The molecule has 0 saturated carbocycles. The lowest BCUT2D eigenvalue weighted by atomic mass is 10.2. The Bertz CT molecular complexity index is 578. The maximum atomic E-state index is 6.21. The maximum Gasteiger partial charge on any atom is 0.0969 e. The lowest BCUT2D eigenvalue weighted by Gasteiger charge is -2.06. The first-order valence-corrected chi connectivity index (χ1v) is 6.83. The van der Waals surface area contributed by atoms with Crippen molar-refractivity contribution in [2.24, 2.45) is 0 Å². The molecule has 2 rings (SSSR count). The standard InChI is InChI=1S/C13H16Cl2N4/c1-8(2)16-6-10-7-19(18-17-10)13-5-11(14)9(3)4-12(13)15/h4-5,7-8,16H,6H2,1-3H3. The third-order valence-electron chi connectivity index (χ3n) is 2.71. The van der Waals surface area contributed by atoms with Crippen LogP contribution in [0.3, 0.4) is 0 Å². The zero-order chi connectivity index (χ0) is 14.0. The summed E-state index contributed by atoms with van der Waals surface area (Å²) in [6.45, 7) is 6.76. The molecule has 0 radical (unpaired) electrons. The fourth-order valence-corrected chi connectivity index (χ4v) is 2.08. The van der Waals surface area contributed by atoms with Crippen LogP contribution < -0.4 is 5.32 Å². The summed E-state index contributed by atoms with van der Waals surface area (Å²) in [5, 5.41) is 12.7. The minimum absolute atomic E-state index is 0.405. The van der Waals surface area contributed by atoms with Crippen molar-refractivity contribution in [3.63, 3.8) is 0 Å². The summed E-state index contributed by atoms with van der Waals surface area (Å²) >= 11 is 12.3. The Morgan fingerprint density at radius 2 is 2.00 bits per heavy atom. The molecule has 4 nitrogen and oxygen atoms in total. The molecule has 0 fully saturated rings. The lowest BCUT2D eigenvalue weighted by Crippen LogP contribution is -2.21. The van der Waals surface area contributed by atoms with Gasteiger partial charge in [0.25, 0.3) is 0 Å². The molecule has 1 aromatic carbocycles. The molecule has 0 unspecified atom stereocenters. The van der Waals surface area contributed by atoms with Gasteiger partial charge in [-0.05, 0) is 24.6 Å². The van der Waals surface area contributed by atoms with E-state index < -0.39 is 0 Å². The fraction of sp³-hybridized carbons (Fsp3) is 0.385. The molecule has 0 amide bonds. The predicted molar refractivity (Wildman–Crippen MR) is 78.1 cm³/mol. The van der Waals surface area contributed by atoms with E-state index in [2.05, 4.69) is 29.5 Å². The number of halogens is 2. The van der Waals surface area contributed by atoms with Crippen LogP contribution in [0.1, 0.15) is 25.1 Å². The molecule has 0 bridgehead atoms. The third kappa shape index (κ3) is 3.47. The molecule has 2 aromatic rings. The van der Waals surface area contributed by atoms with E-state index in [1.54, 1.807) is 10.7 Å². The zero-order valence-electron chi connectivity index (χ0n) is 11.1. The topological polar surface area (TPSA) is 42.7 Å². The molecule has 1 aromatic heterocycles. The molecular formula is C13H16Cl2N4. The summed E-state index contributed by atoms with van der Waals surface area (Å²) in [7, 11) is 0. The molecule has 0 aliphatic carbocycles. The van der Waals surface area contributed by atoms with Gasteiger partial charge in [0.15, 0.2) is 0 Å². The zero-order valence-corrected chi connectivity index (χ0v) is 12.6. The van der Waals surface area contributed by atoms with Crippen molar-refractivity contribution in [2.75, 3.05) is 0 Å². The normalized spacial score (nSPS) is 11.3. The second-order valence-electron chi connectivity index (χ2n) is 4.74. The van der Waals surface area contributed by atoms with Crippen LogP contribution >= 0.6 is 23.2 Å². The van der Waals surface area contributed by atoms with Crippen LogP contribution in [0.5, 0.6) is 0 Å². The molecule has 1 heterocycles. The van der Waals surface area contributed by atoms with Crippen molar-refractivity contribution < 1.29 is 0 Å². The average Bonchev–Trinajstić information content (AvgIpc) is 2.80. The van der Waals surface area contributed by atoms with Crippen LogP contribution in [-0.2, 0) is 6.54 Å². The van der Waals surface area contributed by atoms with Crippen molar-refractivity contribution in [3.8, 4) is 5.69 Å². The van der Waals surface area contributed by atoms with E-state index in [4.69, 9.17) is 23.2 Å².